The van der Waals surface area contributed by atoms with E-state index in [4.69, 9.17) is 5.11 Å². The molecule has 2 N–H and O–H groups in total. The second-order valence-electron chi connectivity index (χ2n) is 3.26. The fraction of sp³-hybridized carbons (Fsp3) is 0.625. The molecule has 6 nitrogen and oxygen atoms in total. The average Bonchev–Trinajstić information content (AvgIpc) is 2.66. The summed E-state index contributed by atoms with van der Waals surface area (Å²) in [5, 5.41) is 19.1. The summed E-state index contributed by atoms with van der Waals surface area (Å²) in [7, 11) is 0. The zero-order valence-electron chi connectivity index (χ0n) is 7.68. The molecule has 1 aromatic heterocycles. The SMILES string of the molecule is O=C1NCCCC1n1cnnc1CO. The maximum atomic E-state index is 11.5. The second-order valence-corrected chi connectivity index (χ2v) is 3.26. The van der Waals surface area contributed by atoms with Crippen LogP contribution in [0.1, 0.15) is 24.7 Å². The minimum atomic E-state index is -0.263. The molecule has 2 rings (SSSR count). The summed E-state index contributed by atoms with van der Waals surface area (Å²) in [4.78, 5) is 11.5. The van der Waals surface area contributed by atoms with Gasteiger partial charge < -0.3 is 15.0 Å². The Bertz CT molecular complexity index is 336. The first kappa shape index (κ1) is 9.14. The van der Waals surface area contributed by atoms with Gasteiger partial charge in [0.25, 0.3) is 0 Å². The van der Waals surface area contributed by atoms with Crippen molar-refractivity contribution >= 4 is 5.91 Å². The first-order chi connectivity index (χ1) is 6.83. The van der Waals surface area contributed by atoms with Gasteiger partial charge in [-0.2, -0.15) is 0 Å². The number of hydrogen-bond donors (Lipinski definition) is 2. The van der Waals surface area contributed by atoms with Gasteiger partial charge in [0, 0.05) is 6.54 Å². The predicted octanol–water partition coefficient (Wildman–Crippen LogP) is -0.779. The molecule has 0 aromatic carbocycles. The first-order valence-electron chi connectivity index (χ1n) is 4.60. The first-order valence-corrected chi connectivity index (χ1v) is 4.60. The molecule has 0 aliphatic carbocycles. The van der Waals surface area contributed by atoms with Gasteiger partial charge >= 0.3 is 0 Å². The predicted molar refractivity (Wildman–Crippen MR) is 47.2 cm³/mol. The van der Waals surface area contributed by atoms with Crippen LogP contribution in [0.5, 0.6) is 0 Å². The number of nitrogens with zero attached hydrogens (tertiary/aromatic N) is 3. The molecule has 76 valence electrons. The van der Waals surface area contributed by atoms with E-state index in [1.165, 1.54) is 6.33 Å². The molecule has 1 aromatic rings. The Balaban J connectivity index is 2.24. The quantitative estimate of drug-likeness (QED) is 0.650. The standard InChI is InChI=1S/C8H12N4O2/c13-4-7-11-10-5-12(7)6-2-1-3-9-8(6)14/h5-6,13H,1-4H2,(H,9,14). The number of aromatic nitrogens is 3. The van der Waals surface area contributed by atoms with Crippen molar-refractivity contribution < 1.29 is 9.90 Å². The van der Waals surface area contributed by atoms with Crippen LogP contribution in [0, 0.1) is 0 Å². The van der Waals surface area contributed by atoms with Crippen LogP contribution in [0.4, 0.5) is 0 Å². The van der Waals surface area contributed by atoms with Crippen molar-refractivity contribution in [3.63, 3.8) is 0 Å². The highest BCUT2D eigenvalue weighted by molar-refractivity contribution is 5.80. The summed E-state index contributed by atoms with van der Waals surface area (Å²) in [5.74, 6) is 0.415. The molecule has 1 amide bonds. The van der Waals surface area contributed by atoms with Gasteiger partial charge in [0.05, 0.1) is 0 Å². The molecule has 1 atom stereocenters. The Kier molecular flexibility index (Phi) is 2.45. The Hall–Kier alpha value is -1.43. The van der Waals surface area contributed by atoms with Crippen LogP contribution >= 0.6 is 0 Å². The zero-order chi connectivity index (χ0) is 9.97. The van der Waals surface area contributed by atoms with Gasteiger partial charge in [-0.25, -0.2) is 0 Å². The van der Waals surface area contributed by atoms with Gasteiger partial charge in [0.2, 0.25) is 5.91 Å². The number of carbonyl (C=O) groups is 1. The fourth-order valence-electron chi connectivity index (χ4n) is 1.66. The molecule has 1 aliphatic rings. The molecule has 0 radical (unpaired) electrons. The Labute approximate surface area is 80.9 Å². The van der Waals surface area contributed by atoms with E-state index in [9.17, 15) is 4.79 Å². The minimum absolute atomic E-state index is 0.0225. The summed E-state index contributed by atoms with van der Waals surface area (Å²) in [5.41, 5.74) is 0. The highest BCUT2D eigenvalue weighted by Crippen LogP contribution is 2.18. The molecular weight excluding hydrogens is 184 g/mol. The summed E-state index contributed by atoms with van der Waals surface area (Å²) >= 11 is 0. The monoisotopic (exact) mass is 196 g/mol. The van der Waals surface area contributed by atoms with Crippen molar-refractivity contribution in [3.8, 4) is 0 Å². The smallest absolute Gasteiger partial charge is 0.243 e. The number of rotatable bonds is 2. The molecule has 2 heterocycles. The van der Waals surface area contributed by atoms with Crippen molar-refractivity contribution in [1.82, 2.24) is 20.1 Å². The Morgan fingerprint density at radius 1 is 1.71 bits per heavy atom. The van der Waals surface area contributed by atoms with Gasteiger partial charge in [-0.1, -0.05) is 0 Å². The van der Waals surface area contributed by atoms with Crippen molar-refractivity contribution in [3.05, 3.63) is 12.2 Å². The molecule has 1 aliphatic heterocycles. The molecule has 6 heteroatoms. The summed E-state index contributed by atoms with van der Waals surface area (Å²) in [6, 6.07) is -0.263. The molecule has 0 bridgehead atoms. The second kappa shape index (κ2) is 3.75. The third-order valence-corrected chi connectivity index (χ3v) is 2.38. The molecule has 1 fully saturated rings. The van der Waals surface area contributed by atoms with E-state index in [1.54, 1.807) is 4.57 Å². The topological polar surface area (TPSA) is 80.0 Å². The number of piperidine rings is 1. The lowest BCUT2D eigenvalue weighted by Gasteiger charge is -2.23. The van der Waals surface area contributed by atoms with Crippen molar-refractivity contribution in [2.24, 2.45) is 0 Å². The number of amides is 1. The normalized spacial score (nSPS) is 22.1. The molecule has 0 spiro atoms. The van der Waals surface area contributed by atoms with Crippen LogP contribution < -0.4 is 5.32 Å². The molecule has 0 saturated carbocycles. The van der Waals surface area contributed by atoms with Crippen LogP contribution in [-0.4, -0.2) is 32.3 Å². The van der Waals surface area contributed by atoms with Gasteiger partial charge in [0.15, 0.2) is 5.82 Å². The summed E-state index contributed by atoms with van der Waals surface area (Å²) in [6.45, 7) is 0.537. The van der Waals surface area contributed by atoms with Gasteiger partial charge in [-0.15, -0.1) is 10.2 Å². The van der Waals surface area contributed by atoms with Crippen LogP contribution in [0.25, 0.3) is 0 Å². The number of carbonyl (C=O) groups excluding carboxylic acids is 1. The van der Waals surface area contributed by atoms with Gasteiger partial charge in [0.1, 0.15) is 19.0 Å². The van der Waals surface area contributed by atoms with Crippen molar-refractivity contribution in [1.29, 1.82) is 0 Å². The van der Waals surface area contributed by atoms with Crippen molar-refractivity contribution in [2.75, 3.05) is 6.54 Å². The van der Waals surface area contributed by atoms with E-state index in [1.807, 2.05) is 0 Å². The zero-order valence-corrected chi connectivity index (χ0v) is 7.68. The molecule has 1 unspecified atom stereocenters. The molecular formula is C8H12N4O2. The molecule has 14 heavy (non-hydrogen) atoms. The largest absolute Gasteiger partial charge is 0.388 e. The molecule has 1 saturated heterocycles. The van der Waals surface area contributed by atoms with E-state index in [2.05, 4.69) is 15.5 Å². The van der Waals surface area contributed by atoms with Crippen LogP contribution in [0.2, 0.25) is 0 Å². The number of aliphatic hydroxyl groups is 1. The lowest BCUT2D eigenvalue weighted by Crippen LogP contribution is -2.38. The number of nitrogens with one attached hydrogen (secondary N) is 1. The van der Waals surface area contributed by atoms with E-state index in [0.717, 1.165) is 19.4 Å². The maximum absolute atomic E-state index is 11.5. The maximum Gasteiger partial charge on any atom is 0.243 e. The van der Waals surface area contributed by atoms with E-state index in [-0.39, 0.29) is 18.6 Å². The average molecular weight is 196 g/mol. The Morgan fingerprint density at radius 2 is 2.57 bits per heavy atom. The third kappa shape index (κ3) is 1.48. The van der Waals surface area contributed by atoms with Crippen LogP contribution in [0.3, 0.4) is 0 Å². The van der Waals surface area contributed by atoms with Gasteiger partial charge in [-0.05, 0) is 12.8 Å². The fourth-order valence-corrected chi connectivity index (χ4v) is 1.66. The number of hydrogen-bond acceptors (Lipinski definition) is 4. The van der Waals surface area contributed by atoms with Crippen molar-refractivity contribution in [2.45, 2.75) is 25.5 Å². The highest BCUT2D eigenvalue weighted by Gasteiger charge is 2.25. The van der Waals surface area contributed by atoms with Crippen LogP contribution in [0.15, 0.2) is 6.33 Å². The van der Waals surface area contributed by atoms with E-state index < -0.39 is 0 Å². The lowest BCUT2D eigenvalue weighted by atomic mass is 10.1. The minimum Gasteiger partial charge on any atom is -0.388 e. The highest BCUT2D eigenvalue weighted by atomic mass is 16.3. The van der Waals surface area contributed by atoms with E-state index >= 15 is 0 Å². The lowest BCUT2D eigenvalue weighted by molar-refractivity contribution is -0.125. The summed E-state index contributed by atoms with van der Waals surface area (Å²) in [6.07, 6.45) is 3.21. The number of aliphatic hydroxyl groups excluding tert-OH is 1. The Morgan fingerprint density at radius 3 is 3.29 bits per heavy atom. The van der Waals surface area contributed by atoms with Crippen LogP contribution in [-0.2, 0) is 11.4 Å². The summed E-state index contributed by atoms with van der Waals surface area (Å²) < 4.78 is 1.63. The van der Waals surface area contributed by atoms with E-state index in [0.29, 0.717) is 5.82 Å². The van der Waals surface area contributed by atoms with Gasteiger partial charge in [-0.3, -0.25) is 4.79 Å². The third-order valence-electron chi connectivity index (χ3n) is 2.38.